The summed E-state index contributed by atoms with van der Waals surface area (Å²) in [7, 11) is 0. The Bertz CT molecular complexity index is 653. The van der Waals surface area contributed by atoms with Crippen molar-refractivity contribution in [1.82, 2.24) is 0 Å². The zero-order valence-electron chi connectivity index (χ0n) is 11.3. The number of nitrogens with zero attached hydrogens (tertiary/aromatic N) is 1. The maximum atomic E-state index is 12.6. The lowest BCUT2D eigenvalue weighted by Gasteiger charge is -2.23. The summed E-state index contributed by atoms with van der Waals surface area (Å²) in [5.41, 5.74) is 3.17. The van der Waals surface area contributed by atoms with Crippen LogP contribution < -0.4 is 4.90 Å². The summed E-state index contributed by atoms with van der Waals surface area (Å²) in [6.07, 6.45) is 1.27. The van der Waals surface area contributed by atoms with Gasteiger partial charge >= 0.3 is 0 Å². The topological polar surface area (TPSA) is 20.3 Å². The van der Waals surface area contributed by atoms with Gasteiger partial charge in [0.15, 0.2) is 0 Å². The van der Waals surface area contributed by atoms with Crippen LogP contribution in [0.15, 0.2) is 48.5 Å². The van der Waals surface area contributed by atoms with Crippen molar-refractivity contribution in [3.05, 3.63) is 64.7 Å². The molecule has 0 spiro atoms. The molecule has 0 unspecified atom stereocenters. The minimum Gasteiger partial charge on any atom is -0.309 e. The molecule has 0 aliphatic carbocycles. The molecular weight excluding hydrogens is 270 g/mol. The van der Waals surface area contributed by atoms with Crippen LogP contribution >= 0.6 is 11.6 Å². The van der Waals surface area contributed by atoms with Gasteiger partial charge in [0, 0.05) is 16.8 Å². The van der Waals surface area contributed by atoms with E-state index in [1.807, 2.05) is 47.4 Å². The minimum atomic E-state index is 0.107. The molecule has 0 radical (unpaired) electrons. The van der Waals surface area contributed by atoms with Crippen LogP contribution in [0.1, 0.15) is 18.1 Å². The van der Waals surface area contributed by atoms with E-state index in [2.05, 4.69) is 13.0 Å². The molecule has 2 aromatic carbocycles. The van der Waals surface area contributed by atoms with Gasteiger partial charge in [-0.2, -0.15) is 0 Å². The van der Waals surface area contributed by atoms with Crippen molar-refractivity contribution in [2.24, 2.45) is 0 Å². The molecule has 3 heteroatoms. The summed E-state index contributed by atoms with van der Waals surface area (Å²) in [5.74, 6) is 0.107. The smallest absolute Gasteiger partial charge is 0.231 e. The molecule has 0 aromatic heterocycles. The van der Waals surface area contributed by atoms with Gasteiger partial charge in [0.05, 0.1) is 6.42 Å². The van der Waals surface area contributed by atoms with Crippen LogP contribution in [0.25, 0.3) is 0 Å². The second-order valence-electron chi connectivity index (χ2n) is 5.21. The Balaban J connectivity index is 1.86. The van der Waals surface area contributed by atoms with E-state index in [1.54, 1.807) is 0 Å². The molecule has 0 N–H and O–H groups in total. The Kier molecular flexibility index (Phi) is 3.49. The van der Waals surface area contributed by atoms with E-state index in [1.165, 1.54) is 5.56 Å². The Morgan fingerprint density at radius 2 is 1.90 bits per heavy atom. The van der Waals surface area contributed by atoms with E-state index >= 15 is 0 Å². The predicted octanol–water partition coefficient (Wildman–Crippen LogP) is 3.86. The average molecular weight is 286 g/mol. The van der Waals surface area contributed by atoms with Crippen molar-refractivity contribution in [2.75, 3.05) is 4.90 Å². The monoisotopic (exact) mass is 285 g/mol. The molecule has 102 valence electrons. The van der Waals surface area contributed by atoms with E-state index in [-0.39, 0.29) is 11.9 Å². The third kappa shape index (κ3) is 2.32. The van der Waals surface area contributed by atoms with E-state index in [4.69, 9.17) is 11.6 Å². The minimum absolute atomic E-state index is 0.107. The van der Waals surface area contributed by atoms with Crippen LogP contribution in [-0.2, 0) is 17.6 Å². The van der Waals surface area contributed by atoms with Crippen LogP contribution in [0, 0.1) is 0 Å². The van der Waals surface area contributed by atoms with Crippen molar-refractivity contribution in [3.63, 3.8) is 0 Å². The van der Waals surface area contributed by atoms with Gasteiger partial charge in [-0.25, -0.2) is 0 Å². The number of hydrogen-bond acceptors (Lipinski definition) is 1. The number of benzene rings is 2. The standard InChI is InChI=1S/C17H16ClNO/c1-12-10-14-7-3-5-9-16(14)19(12)17(20)11-13-6-2-4-8-15(13)18/h2-9,12H,10-11H2,1H3/t12-/m0/s1. The van der Waals surface area contributed by atoms with E-state index in [9.17, 15) is 4.79 Å². The van der Waals surface area contributed by atoms with Crippen LogP contribution in [0.2, 0.25) is 5.02 Å². The number of hydrogen-bond donors (Lipinski definition) is 0. The first-order chi connectivity index (χ1) is 9.66. The summed E-state index contributed by atoms with van der Waals surface area (Å²) in [6, 6.07) is 15.8. The van der Waals surface area contributed by atoms with Gasteiger partial charge in [-0.3, -0.25) is 4.79 Å². The second-order valence-corrected chi connectivity index (χ2v) is 5.62. The molecule has 0 saturated heterocycles. The molecule has 1 heterocycles. The highest BCUT2D eigenvalue weighted by molar-refractivity contribution is 6.31. The Morgan fingerprint density at radius 3 is 2.70 bits per heavy atom. The zero-order chi connectivity index (χ0) is 14.1. The first kappa shape index (κ1) is 13.2. The molecule has 1 aliphatic rings. The van der Waals surface area contributed by atoms with Gasteiger partial charge < -0.3 is 4.90 Å². The summed E-state index contributed by atoms with van der Waals surface area (Å²) in [6.45, 7) is 2.09. The Hall–Kier alpha value is -1.80. The van der Waals surface area contributed by atoms with Gasteiger partial charge in [-0.15, -0.1) is 0 Å². The Labute approximate surface area is 124 Å². The van der Waals surface area contributed by atoms with E-state index in [0.717, 1.165) is 17.7 Å². The number of carbonyl (C=O) groups excluding carboxylic acids is 1. The highest BCUT2D eigenvalue weighted by atomic mass is 35.5. The van der Waals surface area contributed by atoms with Gasteiger partial charge in [0.25, 0.3) is 0 Å². The molecule has 0 saturated carbocycles. The lowest BCUT2D eigenvalue weighted by atomic mass is 10.1. The Morgan fingerprint density at radius 1 is 1.20 bits per heavy atom. The number of halogens is 1. The molecule has 20 heavy (non-hydrogen) atoms. The molecular formula is C17H16ClNO. The summed E-state index contributed by atoms with van der Waals surface area (Å²) < 4.78 is 0. The van der Waals surface area contributed by atoms with Crippen LogP contribution in [0.5, 0.6) is 0 Å². The predicted molar refractivity (Wildman–Crippen MR) is 82.3 cm³/mol. The third-order valence-corrected chi connectivity index (χ3v) is 4.14. The average Bonchev–Trinajstić information content (AvgIpc) is 2.77. The molecule has 2 aromatic rings. The van der Waals surface area contributed by atoms with Crippen molar-refractivity contribution in [1.29, 1.82) is 0 Å². The zero-order valence-corrected chi connectivity index (χ0v) is 12.1. The number of rotatable bonds is 2. The normalized spacial score (nSPS) is 17.1. The van der Waals surface area contributed by atoms with Gasteiger partial charge in [0.1, 0.15) is 0 Å². The van der Waals surface area contributed by atoms with Gasteiger partial charge in [0.2, 0.25) is 5.91 Å². The molecule has 1 aliphatic heterocycles. The number of carbonyl (C=O) groups is 1. The van der Waals surface area contributed by atoms with Crippen molar-refractivity contribution < 1.29 is 4.79 Å². The quantitative estimate of drug-likeness (QED) is 0.820. The van der Waals surface area contributed by atoms with Gasteiger partial charge in [-0.05, 0) is 36.6 Å². The molecule has 3 rings (SSSR count). The molecule has 0 bridgehead atoms. The van der Waals surface area contributed by atoms with Crippen molar-refractivity contribution in [2.45, 2.75) is 25.8 Å². The summed E-state index contributed by atoms with van der Waals surface area (Å²) >= 11 is 6.14. The molecule has 1 atom stereocenters. The largest absolute Gasteiger partial charge is 0.309 e. The van der Waals surface area contributed by atoms with Gasteiger partial charge in [-0.1, -0.05) is 48.0 Å². The summed E-state index contributed by atoms with van der Waals surface area (Å²) in [5, 5.41) is 0.654. The fraction of sp³-hybridized carbons (Fsp3) is 0.235. The maximum absolute atomic E-state index is 12.6. The summed E-state index contributed by atoms with van der Waals surface area (Å²) in [4.78, 5) is 14.5. The third-order valence-electron chi connectivity index (χ3n) is 3.78. The van der Waals surface area contributed by atoms with Crippen LogP contribution in [0.3, 0.4) is 0 Å². The second kappa shape index (κ2) is 5.29. The molecule has 1 amide bonds. The fourth-order valence-corrected chi connectivity index (χ4v) is 3.04. The van der Waals surface area contributed by atoms with Crippen LogP contribution in [0.4, 0.5) is 5.69 Å². The number of para-hydroxylation sites is 1. The number of amides is 1. The first-order valence-electron chi connectivity index (χ1n) is 6.80. The highest BCUT2D eigenvalue weighted by Crippen LogP contribution is 2.32. The lowest BCUT2D eigenvalue weighted by Crippen LogP contribution is -2.36. The fourth-order valence-electron chi connectivity index (χ4n) is 2.84. The van der Waals surface area contributed by atoms with Crippen LogP contribution in [-0.4, -0.2) is 11.9 Å². The highest BCUT2D eigenvalue weighted by Gasteiger charge is 2.30. The van der Waals surface area contributed by atoms with E-state index < -0.39 is 0 Å². The number of fused-ring (bicyclic) bond motifs is 1. The molecule has 0 fully saturated rings. The maximum Gasteiger partial charge on any atom is 0.231 e. The van der Waals surface area contributed by atoms with Crippen molar-refractivity contribution in [3.8, 4) is 0 Å². The molecule has 2 nitrogen and oxygen atoms in total. The SMILES string of the molecule is C[C@H]1Cc2ccccc2N1C(=O)Cc1ccccc1Cl. The van der Waals surface area contributed by atoms with Crippen molar-refractivity contribution >= 4 is 23.2 Å². The first-order valence-corrected chi connectivity index (χ1v) is 7.18. The van der Waals surface area contributed by atoms with E-state index in [0.29, 0.717) is 11.4 Å². The lowest BCUT2D eigenvalue weighted by molar-refractivity contribution is -0.118. The number of anilines is 1.